The quantitative estimate of drug-likeness (QED) is 0.288. The zero-order valence-corrected chi connectivity index (χ0v) is 22.7. The van der Waals surface area contributed by atoms with Crippen molar-refractivity contribution in [1.82, 2.24) is 15.3 Å². The van der Waals surface area contributed by atoms with E-state index >= 15 is 0 Å². The van der Waals surface area contributed by atoms with Crippen LogP contribution in [0.2, 0.25) is 0 Å². The first-order valence-electron chi connectivity index (χ1n) is 12.2. The summed E-state index contributed by atoms with van der Waals surface area (Å²) < 4.78 is 52.3. The van der Waals surface area contributed by atoms with Gasteiger partial charge in [0.25, 0.3) is 10.1 Å². The van der Waals surface area contributed by atoms with E-state index in [0.717, 1.165) is 0 Å². The van der Waals surface area contributed by atoms with Gasteiger partial charge in [0, 0.05) is 22.3 Å². The number of ether oxygens (including phenoxy) is 2. The van der Waals surface area contributed by atoms with Crippen molar-refractivity contribution in [3.63, 3.8) is 0 Å². The molecule has 0 aliphatic heterocycles. The zero-order valence-electron chi connectivity index (χ0n) is 21.9. The van der Waals surface area contributed by atoms with Crippen molar-refractivity contribution >= 4 is 16.0 Å². The van der Waals surface area contributed by atoms with Crippen LogP contribution in [0.1, 0.15) is 37.3 Å². The van der Waals surface area contributed by atoms with Gasteiger partial charge in [-0.2, -0.15) is 8.42 Å². The number of carbonyl (C=O) groups is 1. The molecule has 12 heteroatoms. The lowest BCUT2D eigenvalue weighted by Gasteiger charge is -2.33. The van der Waals surface area contributed by atoms with Gasteiger partial charge in [-0.15, -0.1) is 5.10 Å². The van der Waals surface area contributed by atoms with Crippen molar-refractivity contribution < 1.29 is 31.8 Å². The van der Waals surface area contributed by atoms with Crippen LogP contribution in [-0.4, -0.2) is 73.3 Å². The zero-order chi connectivity index (χ0) is 27.9. The number of hydrogen-bond donors (Lipinski definition) is 2. The summed E-state index contributed by atoms with van der Waals surface area (Å²) in [6.07, 6.45) is 1.45. The van der Waals surface area contributed by atoms with Crippen molar-refractivity contribution in [1.29, 1.82) is 0 Å². The Morgan fingerprint density at radius 2 is 1.68 bits per heavy atom. The molecule has 0 aliphatic carbocycles. The summed E-state index contributed by atoms with van der Waals surface area (Å²) in [4.78, 5) is 15.1. The molecule has 3 N–H and O–H groups in total. The Bertz CT molecular complexity index is 1270. The molecule has 2 aromatic carbocycles. The summed E-state index contributed by atoms with van der Waals surface area (Å²) in [6, 6.07) is 12.0. The van der Waals surface area contributed by atoms with E-state index in [9.17, 15) is 17.8 Å². The lowest BCUT2D eigenvalue weighted by molar-refractivity contribution is -0.122. The number of methoxy groups -OCH3 is 2. The molecule has 2 unspecified atom stereocenters. The van der Waals surface area contributed by atoms with Crippen LogP contribution < -0.4 is 15.2 Å². The Hall–Kier alpha value is -3.48. The largest absolute Gasteiger partial charge is 0.496 e. The predicted molar refractivity (Wildman–Crippen MR) is 142 cm³/mol. The Kier molecular flexibility index (Phi) is 9.84. The Morgan fingerprint density at radius 1 is 1.08 bits per heavy atom. The van der Waals surface area contributed by atoms with E-state index in [1.807, 2.05) is 18.7 Å². The van der Waals surface area contributed by atoms with Crippen molar-refractivity contribution in [3.8, 4) is 22.8 Å². The highest BCUT2D eigenvalue weighted by Crippen LogP contribution is 2.45. The minimum atomic E-state index is -4.71. The van der Waals surface area contributed by atoms with E-state index in [1.165, 1.54) is 20.4 Å². The first-order chi connectivity index (χ1) is 18.2. The van der Waals surface area contributed by atoms with E-state index in [1.54, 1.807) is 42.5 Å². The van der Waals surface area contributed by atoms with Gasteiger partial charge in [-0.1, -0.05) is 44.2 Å². The van der Waals surface area contributed by atoms with Crippen LogP contribution in [0.15, 0.2) is 53.2 Å². The molecule has 11 nitrogen and oxygen atoms in total. The molecule has 0 saturated heterocycles. The molecule has 1 amide bonds. The summed E-state index contributed by atoms with van der Waals surface area (Å²) in [5.41, 5.74) is 7.60. The van der Waals surface area contributed by atoms with Gasteiger partial charge in [-0.25, -0.2) is 0 Å². The molecule has 0 aliphatic rings. The van der Waals surface area contributed by atoms with Crippen LogP contribution in [0.4, 0.5) is 0 Å². The first-order valence-corrected chi connectivity index (χ1v) is 13.7. The molecule has 3 rings (SSSR count). The molecule has 3 atom stereocenters. The van der Waals surface area contributed by atoms with Gasteiger partial charge in [-0.05, 0) is 43.8 Å². The molecular formula is C26H34N4O7S. The molecule has 1 heterocycles. The van der Waals surface area contributed by atoms with E-state index in [-0.39, 0.29) is 6.42 Å². The van der Waals surface area contributed by atoms with Crippen molar-refractivity contribution in [3.05, 3.63) is 59.8 Å². The highest BCUT2D eigenvalue weighted by molar-refractivity contribution is 7.86. The van der Waals surface area contributed by atoms with Crippen LogP contribution in [-0.2, 0) is 14.9 Å². The summed E-state index contributed by atoms with van der Waals surface area (Å²) in [5, 5.41) is 5.68. The molecule has 1 aromatic heterocycles. The number of primary amides is 1. The number of nitrogens with zero attached hydrogens (tertiary/aromatic N) is 3. The molecule has 0 spiro atoms. The fraction of sp³-hybridized carbons (Fsp3) is 0.423. The molecular weight excluding hydrogens is 512 g/mol. The van der Waals surface area contributed by atoms with E-state index in [0.29, 0.717) is 53.6 Å². The average Bonchev–Trinajstić information content (AvgIpc) is 3.44. The number of amides is 1. The van der Waals surface area contributed by atoms with Crippen molar-refractivity contribution in [2.45, 2.75) is 31.4 Å². The highest BCUT2D eigenvalue weighted by Gasteiger charge is 2.44. The molecule has 0 radical (unpaired) electrons. The van der Waals surface area contributed by atoms with E-state index < -0.39 is 33.1 Å². The summed E-state index contributed by atoms with van der Waals surface area (Å²) in [7, 11) is -1.77. The molecule has 0 fully saturated rings. The van der Waals surface area contributed by atoms with Crippen LogP contribution in [0.25, 0.3) is 11.3 Å². The highest BCUT2D eigenvalue weighted by atomic mass is 32.2. The van der Waals surface area contributed by atoms with Gasteiger partial charge in [-0.3, -0.25) is 9.35 Å². The van der Waals surface area contributed by atoms with Crippen LogP contribution in [0, 0.1) is 5.92 Å². The average molecular weight is 547 g/mol. The number of rotatable bonds is 14. The summed E-state index contributed by atoms with van der Waals surface area (Å²) in [5.74, 6) is -1.99. The number of benzene rings is 2. The third kappa shape index (κ3) is 6.50. The maximum absolute atomic E-state index is 13.1. The lowest BCUT2D eigenvalue weighted by atomic mass is 9.76. The Morgan fingerprint density at radius 3 is 2.13 bits per heavy atom. The second-order valence-corrected chi connectivity index (χ2v) is 10.4. The fourth-order valence-electron chi connectivity index (χ4n) is 4.81. The fourth-order valence-corrected chi connectivity index (χ4v) is 5.88. The molecule has 0 saturated carbocycles. The van der Waals surface area contributed by atoms with Crippen LogP contribution in [0.5, 0.6) is 11.5 Å². The van der Waals surface area contributed by atoms with Gasteiger partial charge in [0.1, 0.15) is 16.7 Å². The Labute approximate surface area is 222 Å². The second-order valence-electron chi connectivity index (χ2n) is 8.75. The lowest BCUT2D eigenvalue weighted by Crippen LogP contribution is -2.44. The number of carbonyl (C=O) groups excluding carboxylic acids is 1. The minimum Gasteiger partial charge on any atom is -0.496 e. The third-order valence-electron chi connectivity index (χ3n) is 6.79. The summed E-state index contributed by atoms with van der Waals surface area (Å²) in [6.45, 7) is 5.60. The number of aromatic nitrogens is 2. The second kappa shape index (κ2) is 12.9. The third-order valence-corrected chi connectivity index (χ3v) is 8.08. The van der Waals surface area contributed by atoms with Gasteiger partial charge in [0.15, 0.2) is 5.76 Å². The number of nitrogens with two attached hydrogens (primary N) is 1. The van der Waals surface area contributed by atoms with Gasteiger partial charge >= 0.3 is 0 Å². The number of hydrogen-bond acceptors (Lipinski definition) is 9. The van der Waals surface area contributed by atoms with Crippen molar-refractivity contribution in [2.75, 3.05) is 33.9 Å². The first kappa shape index (κ1) is 29.1. The topological polar surface area (TPSA) is 158 Å². The molecule has 38 heavy (non-hydrogen) atoms. The Balaban J connectivity index is 2.24. The van der Waals surface area contributed by atoms with E-state index in [2.05, 4.69) is 10.4 Å². The molecule has 0 bridgehead atoms. The normalized spacial score (nSPS) is 14.2. The van der Waals surface area contributed by atoms with Gasteiger partial charge in [0.05, 0.1) is 26.3 Å². The smallest absolute Gasteiger partial charge is 0.268 e. The van der Waals surface area contributed by atoms with Crippen LogP contribution >= 0.6 is 0 Å². The molecule has 206 valence electrons. The monoisotopic (exact) mass is 546 g/mol. The molecule has 3 aromatic rings. The predicted octanol–water partition coefficient (Wildman–Crippen LogP) is 2.98. The maximum Gasteiger partial charge on any atom is 0.268 e. The minimum absolute atomic E-state index is 0.0100. The summed E-state index contributed by atoms with van der Waals surface area (Å²) >= 11 is 0. The van der Waals surface area contributed by atoms with Gasteiger partial charge < -0.3 is 24.6 Å². The SMILES string of the molecule is CCN(CC)CCC(C(C(N)=O)[C@H](c1ccc(-c2cnno2)cc1)c1c(OC)cccc1OC)S(=O)(=O)O. The maximum atomic E-state index is 13.1. The van der Waals surface area contributed by atoms with Crippen molar-refractivity contribution in [2.24, 2.45) is 11.7 Å². The van der Waals surface area contributed by atoms with E-state index in [4.69, 9.17) is 19.7 Å². The van der Waals surface area contributed by atoms with Gasteiger partial charge in [0.2, 0.25) is 5.91 Å². The van der Waals surface area contributed by atoms with Crippen LogP contribution in [0.3, 0.4) is 0 Å². The standard InChI is InChI=1S/C26H34N4O7S/c1-5-30(6-2)15-14-22(38(32,33)34)25(26(27)31)23(24-19(35-3)8-7-9-20(24)36-4)18-12-10-17(11-13-18)21-16-28-29-37-21/h7-13,16,22-23,25H,5-6,14-15H2,1-4H3,(H2,27,31)(H,32,33,34)/t22?,23-,25?/m1/s1.